The largest absolute Gasteiger partial charge is 0.488 e. The van der Waals surface area contributed by atoms with Gasteiger partial charge in [0.2, 0.25) is 0 Å². The van der Waals surface area contributed by atoms with Gasteiger partial charge in [-0.15, -0.1) is 0 Å². The zero-order valence-electron chi connectivity index (χ0n) is 11.2. The van der Waals surface area contributed by atoms with Crippen molar-refractivity contribution in [3.63, 3.8) is 0 Å². The van der Waals surface area contributed by atoms with E-state index in [1.165, 1.54) is 30.6 Å². The molecule has 1 aliphatic heterocycles. The van der Waals surface area contributed by atoms with Crippen molar-refractivity contribution in [2.24, 2.45) is 0 Å². The summed E-state index contributed by atoms with van der Waals surface area (Å²) in [6.07, 6.45) is 7.51. The van der Waals surface area contributed by atoms with Crippen molar-refractivity contribution in [1.29, 1.82) is 0 Å². The van der Waals surface area contributed by atoms with E-state index in [4.69, 9.17) is 4.74 Å². The fraction of sp³-hybridized carbons (Fsp3) is 0.600. The van der Waals surface area contributed by atoms with E-state index < -0.39 is 0 Å². The second-order valence-corrected chi connectivity index (χ2v) is 5.79. The van der Waals surface area contributed by atoms with E-state index in [0.29, 0.717) is 6.10 Å². The standard InChI is InChI=1S/C15H23NOS/c1-18-10-6-2-5-9-16-12-14-11-13-7-3-4-8-15(13)17-14/h3-4,7-8,14,16H,2,5-6,9-12H2,1H3. The molecule has 0 fully saturated rings. The molecule has 1 aromatic carbocycles. The summed E-state index contributed by atoms with van der Waals surface area (Å²) < 4.78 is 5.89. The Bertz CT molecular complexity index is 331. The van der Waals surface area contributed by atoms with Gasteiger partial charge in [-0.05, 0) is 43.0 Å². The molecule has 1 heterocycles. The topological polar surface area (TPSA) is 21.3 Å². The molecule has 2 rings (SSSR count). The smallest absolute Gasteiger partial charge is 0.123 e. The third-order valence-electron chi connectivity index (χ3n) is 3.29. The first-order valence-electron chi connectivity index (χ1n) is 6.84. The van der Waals surface area contributed by atoms with Gasteiger partial charge in [0.25, 0.3) is 0 Å². The zero-order valence-corrected chi connectivity index (χ0v) is 12.0. The molecule has 3 heteroatoms. The molecule has 0 saturated heterocycles. The first-order chi connectivity index (χ1) is 8.90. The Kier molecular flexibility index (Phi) is 5.88. The van der Waals surface area contributed by atoms with E-state index in [2.05, 4.69) is 29.8 Å². The van der Waals surface area contributed by atoms with E-state index in [9.17, 15) is 0 Å². The van der Waals surface area contributed by atoms with Crippen molar-refractivity contribution in [3.05, 3.63) is 29.8 Å². The minimum atomic E-state index is 0.327. The number of hydrogen-bond donors (Lipinski definition) is 1. The lowest BCUT2D eigenvalue weighted by Crippen LogP contribution is -2.30. The Morgan fingerprint density at radius 3 is 3.00 bits per heavy atom. The van der Waals surface area contributed by atoms with E-state index in [1.54, 1.807) is 0 Å². The molecule has 1 atom stereocenters. The summed E-state index contributed by atoms with van der Waals surface area (Å²) in [4.78, 5) is 0. The second kappa shape index (κ2) is 7.70. The minimum absolute atomic E-state index is 0.327. The average molecular weight is 265 g/mol. The number of para-hydroxylation sites is 1. The van der Waals surface area contributed by atoms with Gasteiger partial charge in [-0.3, -0.25) is 0 Å². The maximum atomic E-state index is 5.89. The highest BCUT2D eigenvalue weighted by Crippen LogP contribution is 2.27. The number of fused-ring (bicyclic) bond motifs is 1. The van der Waals surface area contributed by atoms with Gasteiger partial charge in [0.15, 0.2) is 0 Å². The molecule has 0 aromatic heterocycles. The molecule has 0 saturated carbocycles. The lowest BCUT2D eigenvalue weighted by molar-refractivity contribution is 0.227. The summed E-state index contributed by atoms with van der Waals surface area (Å²) in [7, 11) is 0. The molecular weight excluding hydrogens is 242 g/mol. The van der Waals surface area contributed by atoms with E-state index in [0.717, 1.165) is 25.3 Å². The van der Waals surface area contributed by atoms with Crippen molar-refractivity contribution in [2.75, 3.05) is 25.1 Å². The highest BCUT2D eigenvalue weighted by molar-refractivity contribution is 7.98. The molecule has 1 aromatic rings. The Hall–Kier alpha value is -0.670. The third-order valence-corrected chi connectivity index (χ3v) is 3.98. The fourth-order valence-electron chi connectivity index (χ4n) is 2.30. The van der Waals surface area contributed by atoms with Crippen LogP contribution in [0.15, 0.2) is 24.3 Å². The van der Waals surface area contributed by atoms with Crippen LogP contribution in [0.25, 0.3) is 0 Å². The van der Waals surface area contributed by atoms with E-state index >= 15 is 0 Å². The predicted octanol–water partition coefficient (Wildman–Crippen LogP) is 3.11. The summed E-state index contributed by atoms with van der Waals surface area (Å²) in [5.41, 5.74) is 1.35. The van der Waals surface area contributed by atoms with Crippen molar-refractivity contribution in [1.82, 2.24) is 5.32 Å². The molecular formula is C15H23NOS. The Labute approximate surface area is 114 Å². The van der Waals surface area contributed by atoms with Crippen LogP contribution in [0, 0.1) is 0 Å². The average Bonchev–Trinajstić information content (AvgIpc) is 2.80. The SMILES string of the molecule is CSCCCCCNCC1Cc2ccccc2O1. The summed E-state index contributed by atoms with van der Waals surface area (Å²) in [5, 5.41) is 3.51. The number of thioether (sulfide) groups is 1. The number of nitrogens with one attached hydrogen (secondary N) is 1. The van der Waals surface area contributed by atoms with Crippen molar-refractivity contribution in [2.45, 2.75) is 31.8 Å². The first kappa shape index (κ1) is 13.8. The van der Waals surface area contributed by atoms with Crippen LogP contribution in [-0.4, -0.2) is 31.2 Å². The molecule has 0 bridgehead atoms. The van der Waals surface area contributed by atoms with Gasteiger partial charge in [-0.1, -0.05) is 24.6 Å². The molecule has 0 aliphatic carbocycles. The van der Waals surface area contributed by atoms with Crippen LogP contribution >= 0.6 is 11.8 Å². The van der Waals surface area contributed by atoms with Gasteiger partial charge in [-0.25, -0.2) is 0 Å². The summed E-state index contributed by atoms with van der Waals surface area (Å²) in [6, 6.07) is 8.36. The minimum Gasteiger partial charge on any atom is -0.488 e. The number of unbranched alkanes of at least 4 members (excludes halogenated alkanes) is 2. The first-order valence-corrected chi connectivity index (χ1v) is 8.24. The summed E-state index contributed by atoms with van der Waals surface area (Å²) in [6.45, 7) is 2.09. The van der Waals surface area contributed by atoms with Crippen molar-refractivity contribution < 1.29 is 4.74 Å². The molecule has 0 radical (unpaired) electrons. The number of benzene rings is 1. The maximum absolute atomic E-state index is 5.89. The molecule has 18 heavy (non-hydrogen) atoms. The number of hydrogen-bond acceptors (Lipinski definition) is 3. The van der Waals surface area contributed by atoms with Crippen LogP contribution in [0.1, 0.15) is 24.8 Å². The van der Waals surface area contributed by atoms with Gasteiger partial charge in [0.05, 0.1) is 0 Å². The third kappa shape index (κ3) is 4.21. The predicted molar refractivity (Wildman–Crippen MR) is 79.7 cm³/mol. The van der Waals surface area contributed by atoms with Gasteiger partial charge >= 0.3 is 0 Å². The molecule has 0 spiro atoms. The molecule has 1 N–H and O–H groups in total. The van der Waals surface area contributed by atoms with Crippen molar-refractivity contribution >= 4 is 11.8 Å². The molecule has 0 amide bonds. The highest BCUT2D eigenvalue weighted by atomic mass is 32.2. The zero-order chi connectivity index (χ0) is 12.6. The lowest BCUT2D eigenvalue weighted by Gasteiger charge is -2.11. The quantitative estimate of drug-likeness (QED) is 0.730. The van der Waals surface area contributed by atoms with Crippen LogP contribution < -0.4 is 10.1 Å². The summed E-state index contributed by atoms with van der Waals surface area (Å²) >= 11 is 1.94. The Morgan fingerprint density at radius 2 is 2.17 bits per heavy atom. The van der Waals surface area contributed by atoms with Crippen LogP contribution in [-0.2, 0) is 6.42 Å². The summed E-state index contributed by atoms with van der Waals surface area (Å²) in [5.74, 6) is 2.37. The Morgan fingerprint density at radius 1 is 1.28 bits per heavy atom. The van der Waals surface area contributed by atoms with Crippen LogP contribution in [0.4, 0.5) is 0 Å². The van der Waals surface area contributed by atoms with Crippen LogP contribution in [0.5, 0.6) is 5.75 Å². The van der Waals surface area contributed by atoms with Gasteiger partial charge in [-0.2, -0.15) is 11.8 Å². The van der Waals surface area contributed by atoms with E-state index in [-0.39, 0.29) is 0 Å². The highest BCUT2D eigenvalue weighted by Gasteiger charge is 2.21. The van der Waals surface area contributed by atoms with Crippen molar-refractivity contribution in [3.8, 4) is 5.75 Å². The normalized spacial score (nSPS) is 17.5. The molecule has 2 nitrogen and oxygen atoms in total. The van der Waals surface area contributed by atoms with Crippen LogP contribution in [0.2, 0.25) is 0 Å². The van der Waals surface area contributed by atoms with Gasteiger partial charge < -0.3 is 10.1 Å². The second-order valence-electron chi connectivity index (χ2n) is 4.81. The molecule has 100 valence electrons. The maximum Gasteiger partial charge on any atom is 0.123 e. The monoisotopic (exact) mass is 265 g/mol. The fourth-order valence-corrected chi connectivity index (χ4v) is 2.80. The Balaban J connectivity index is 1.54. The molecule has 1 aliphatic rings. The molecule has 1 unspecified atom stereocenters. The van der Waals surface area contributed by atoms with Gasteiger partial charge in [0, 0.05) is 13.0 Å². The van der Waals surface area contributed by atoms with Gasteiger partial charge in [0.1, 0.15) is 11.9 Å². The number of ether oxygens (including phenoxy) is 1. The van der Waals surface area contributed by atoms with Crippen LogP contribution in [0.3, 0.4) is 0 Å². The van der Waals surface area contributed by atoms with E-state index in [1.807, 2.05) is 17.8 Å². The lowest BCUT2D eigenvalue weighted by atomic mass is 10.1. The number of rotatable bonds is 8.